The molecule has 0 aromatic heterocycles. The molecule has 2 aromatic carbocycles. The Kier molecular flexibility index (Phi) is 7.00. The number of amides is 1. The predicted octanol–water partition coefficient (Wildman–Crippen LogP) is 4.83. The average Bonchev–Trinajstić information content (AvgIpc) is 3.31. The Hall–Kier alpha value is -1.99. The van der Waals surface area contributed by atoms with Crippen LogP contribution >= 0.6 is 23.5 Å². The lowest BCUT2D eigenvalue weighted by molar-refractivity contribution is -0.124. The first-order valence-corrected chi connectivity index (χ1v) is 12.3. The first-order valence-electron chi connectivity index (χ1n) is 10.2. The lowest BCUT2D eigenvalue weighted by Crippen LogP contribution is -2.35. The van der Waals surface area contributed by atoms with Crippen molar-refractivity contribution in [2.24, 2.45) is 5.92 Å². The largest absolute Gasteiger partial charge is 0.486 e. The van der Waals surface area contributed by atoms with Gasteiger partial charge in [0.05, 0.1) is 10.6 Å². The highest BCUT2D eigenvalue weighted by Gasteiger charge is 2.22. The van der Waals surface area contributed by atoms with Gasteiger partial charge in [0.15, 0.2) is 18.1 Å². The van der Waals surface area contributed by atoms with E-state index in [-0.39, 0.29) is 24.5 Å². The van der Waals surface area contributed by atoms with E-state index >= 15 is 0 Å². The highest BCUT2D eigenvalue weighted by atomic mass is 32.2. The maximum Gasteiger partial charge on any atom is 0.258 e. The van der Waals surface area contributed by atoms with Crippen LogP contribution in [0.3, 0.4) is 0 Å². The standard InChI is InChI=1S/C23H27NO4S2/c1-15(2)22(17-5-8-19-20(13-17)27-10-9-26-19)24-21(25)14-28-18-6-3-16(4-7-18)23-29-11-12-30-23/h3-8,13,15,22-23H,9-12,14H2,1-2H3,(H,24,25). The minimum atomic E-state index is -0.144. The second kappa shape index (κ2) is 9.88. The van der Waals surface area contributed by atoms with Crippen LogP contribution in [0.4, 0.5) is 0 Å². The Morgan fingerprint density at radius 3 is 2.47 bits per heavy atom. The molecule has 0 saturated carbocycles. The number of hydrogen-bond acceptors (Lipinski definition) is 6. The molecule has 1 saturated heterocycles. The summed E-state index contributed by atoms with van der Waals surface area (Å²) < 4.78 is 17.5. The van der Waals surface area contributed by atoms with Crippen molar-refractivity contribution in [3.63, 3.8) is 0 Å². The van der Waals surface area contributed by atoms with E-state index < -0.39 is 0 Å². The van der Waals surface area contributed by atoms with Crippen molar-refractivity contribution in [2.45, 2.75) is 24.5 Å². The number of thioether (sulfide) groups is 2. The Bertz CT molecular complexity index is 866. The quantitative estimate of drug-likeness (QED) is 0.659. The van der Waals surface area contributed by atoms with Gasteiger partial charge < -0.3 is 19.5 Å². The zero-order valence-electron chi connectivity index (χ0n) is 17.3. The smallest absolute Gasteiger partial charge is 0.258 e. The van der Waals surface area contributed by atoms with Crippen LogP contribution in [-0.2, 0) is 4.79 Å². The summed E-state index contributed by atoms with van der Waals surface area (Å²) in [6, 6.07) is 13.8. The van der Waals surface area contributed by atoms with Crippen molar-refractivity contribution in [3.8, 4) is 17.2 Å². The van der Waals surface area contributed by atoms with Crippen LogP contribution in [0.15, 0.2) is 42.5 Å². The second-order valence-electron chi connectivity index (χ2n) is 7.62. The number of fused-ring (bicyclic) bond motifs is 1. The lowest BCUT2D eigenvalue weighted by Gasteiger charge is -2.25. The van der Waals surface area contributed by atoms with E-state index in [1.807, 2.05) is 53.9 Å². The molecule has 5 nitrogen and oxygen atoms in total. The molecule has 1 atom stereocenters. The zero-order chi connectivity index (χ0) is 20.9. The van der Waals surface area contributed by atoms with Crippen molar-refractivity contribution in [1.82, 2.24) is 5.32 Å². The molecule has 1 fully saturated rings. The third-order valence-electron chi connectivity index (χ3n) is 5.05. The topological polar surface area (TPSA) is 56.8 Å². The first kappa shape index (κ1) is 21.2. The molecular weight excluding hydrogens is 418 g/mol. The summed E-state index contributed by atoms with van der Waals surface area (Å²) in [7, 11) is 0. The Labute approximate surface area is 186 Å². The van der Waals surface area contributed by atoms with Crippen molar-refractivity contribution in [2.75, 3.05) is 31.3 Å². The summed E-state index contributed by atoms with van der Waals surface area (Å²) in [6.07, 6.45) is 0. The van der Waals surface area contributed by atoms with Gasteiger partial charge in [0.1, 0.15) is 19.0 Å². The van der Waals surface area contributed by atoms with Gasteiger partial charge in [-0.05, 0) is 41.3 Å². The fourth-order valence-corrected chi connectivity index (χ4v) is 6.38. The molecule has 2 heterocycles. The molecule has 1 unspecified atom stereocenters. The van der Waals surface area contributed by atoms with Crippen LogP contribution in [0.1, 0.15) is 35.6 Å². The number of carbonyl (C=O) groups excluding carboxylic acids is 1. The first-order chi connectivity index (χ1) is 14.6. The average molecular weight is 446 g/mol. The third kappa shape index (κ3) is 5.19. The SMILES string of the molecule is CC(C)C(NC(=O)COc1ccc(C2SCCS2)cc1)c1ccc2c(c1)OCCO2. The van der Waals surface area contributed by atoms with E-state index in [9.17, 15) is 4.79 Å². The Balaban J connectivity index is 1.34. The molecule has 2 aromatic rings. The van der Waals surface area contributed by atoms with Crippen molar-refractivity contribution < 1.29 is 19.0 Å². The van der Waals surface area contributed by atoms with Gasteiger partial charge in [0.2, 0.25) is 0 Å². The van der Waals surface area contributed by atoms with Crippen LogP contribution in [0.2, 0.25) is 0 Å². The summed E-state index contributed by atoms with van der Waals surface area (Å²) in [5.41, 5.74) is 2.30. The summed E-state index contributed by atoms with van der Waals surface area (Å²) in [6.45, 7) is 5.26. The molecule has 160 valence electrons. The monoisotopic (exact) mass is 445 g/mol. The molecule has 0 spiro atoms. The van der Waals surface area contributed by atoms with Gasteiger partial charge in [-0.15, -0.1) is 23.5 Å². The highest BCUT2D eigenvalue weighted by Crippen LogP contribution is 2.45. The number of nitrogens with one attached hydrogen (secondary N) is 1. The molecule has 2 aliphatic rings. The van der Waals surface area contributed by atoms with Gasteiger partial charge in [-0.25, -0.2) is 0 Å². The molecule has 0 bridgehead atoms. The van der Waals surface area contributed by atoms with Gasteiger partial charge in [-0.3, -0.25) is 4.79 Å². The Morgan fingerprint density at radius 2 is 1.77 bits per heavy atom. The van der Waals surface area contributed by atoms with Crippen LogP contribution in [0, 0.1) is 5.92 Å². The summed E-state index contributed by atoms with van der Waals surface area (Å²) in [4.78, 5) is 12.6. The maximum atomic E-state index is 12.6. The molecule has 4 rings (SSSR count). The normalized spacial score (nSPS) is 17.0. The van der Waals surface area contributed by atoms with E-state index in [2.05, 4.69) is 31.3 Å². The predicted molar refractivity (Wildman–Crippen MR) is 123 cm³/mol. The molecule has 0 radical (unpaired) electrons. The van der Waals surface area contributed by atoms with E-state index in [1.165, 1.54) is 17.1 Å². The zero-order valence-corrected chi connectivity index (χ0v) is 18.9. The van der Waals surface area contributed by atoms with Crippen LogP contribution in [-0.4, -0.2) is 37.2 Å². The summed E-state index contributed by atoms with van der Waals surface area (Å²) in [5.74, 6) is 4.67. The number of carbonyl (C=O) groups is 1. The van der Waals surface area contributed by atoms with Crippen LogP contribution in [0.25, 0.3) is 0 Å². The van der Waals surface area contributed by atoms with Crippen molar-refractivity contribution in [1.29, 1.82) is 0 Å². The van der Waals surface area contributed by atoms with Gasteiger partial charge >= 0.3 is 0 Å². The van der Waals surface area contributed by atoms with Crippen molar-refractivity contribution in [3.05, 3.63) is 53.6 Å². The van der Waals surface area contributed by atoms with E-state index in [4.69, 9.17) is 14.2 Å². The fraction of sp³-hybridized carbons (Fsp3) is 0.435. The molecule has 1 N–H and O–H groups in total. The van der Waals surface area contributed by atoms with E-state index in [0.717, 1.165) is 17.1 Å². The number of ether oxygens (including phenoxy) is 3. The van der Waals surface area contributed by atoms with Crippen LogP contribution < -0.4 is 19.5 Å². The van der Waals surface area contributed by atoms with Gasteiger partial charge in [-0.1, -0.05) is 32.0 Å². The molecule has 1 amide bonds. The minimum Gasteiger partial charge on any atom is -0.486 e. The fourth-order valence-electron chi connectivity index (χ4n) is 3.52. The minimum absolute atomic E-state index is 0.0138. The molecule has 7 heteroatoms. The second-order valence-corrected chi connectivity index (χ2v) is 10.3. The van der Waals surface area contributed by atoms with Crippen molar-refractivity contribution >= 4 is 29.4 Å². The summed E-state index contributed by atoms with van der Waals surface area (Å²) >= 11 is 3.95. The molecule has 2 aliphatic heterocycles. The van der Waals surface area contributed by atoms with Gasteiger partial charge in [0.25, 0.3) is 5.91 Å². The molecule has 30 heavy (non-hydrogen) atoms. The molecular formula is C23H27NO4S2. The van der Waals surface area contributed by atoms with Gasteiger partial charge in [0, 0.05) is 11.5 Å². The van der Waals surface area contributed by atoms with E-state index in [0.29, 0.717) is 23.5 Å². The number of benzene rings is 2. The van der Waals surface area contributed by atoms with Crippen LogP contribution in [0.5, 0.6) is 17.2 Å². The number of hydrogen-bond donors (Lipinski definition) is 1. The lowest BCUT2D eigenvalue weighted by atomic mass is 9.95. The summed E-state index contributed by atoms with van der Waals surface area (Å²) in [5, 5.41) is 3.10. The molecule has 0 aliphatic carbocycles. The third-order valence-corrected chi connectivity index (χ3v) is 8.16. The van der Waals surface area contributed by atoms with E-state index in [1.54, 1.807) is 0 Å². The Morgan fingerprint density at radius 1 is 1.07 bits per heavy atom. The number of rotatable bonds is 7. The highest BCUT2D eigenvalue weighted by molar-refractivity contribution is 8.19. The maximum absolute atomic E-state index is 12.6. The van der Waals surface area contributed by atoms with Gasteiger partial charge in [-0.2, -0.15) is 0 Å².